The molecule has 6 heteroatoms. The maximum atomic E-state index is 11.9. The molecular formula is C14H13NO5. The van der Waals surface area contributed by atoms with Crippen LogP contribution in [0.5, 0.6) is 0 Å². The van der Waals surface area contributed by atoms with E-state index in [4.69, 9.17) is 9.26 Å². The maximum Gasteiger partial charge on any atom is 0.338 e. The summed E-state index contributed by atoms with van der Waals surface area (Å²) in [5.74, 6) is -1.30. The Morgan fingerprint density at radius 1 is 1.20 bits per heavy atom. The molecule has 1 aromatic carbocycles. The minimum atomic E-state index is -1.13. The molecule has 1 heterocycles. The number of carboxylic acid groups (broad SMARTS) is 1. The van der Waals surface area contributed by atoms with E-state index in [2.05, 4.69) is 5.16 Å². The van der Waals surface area contributed by atoms with Gasteiger partial charge in [0.1, 0.15) is 5.76 Å². The molecule has 0 amide bonds. The predicted octanol–water partition coefficient (Wildman–Crippen LogP) is 2.44. The molecule has 0 fully saturated rings. The van der Waals surface area contributed by atoms with Gasteiger partial charge in [0.05, 0.1) is 23.9 Å². The third-order valence-corrected chi connectivity index (χ3v) is 2.98. The normalized spacial score (nSPS) is 10.3. The van der Waals surface area contributed by atoms with Gasteiger partial charge >= 0.3 is 11.9 Å². The molecule has 6 nitrogen and oxygen atoms in total. The van der Waals surface area contributed by atoms with Crippen LogP contribution in [-0.4, -0.2) is 29.3 Å². The largest absolute Gasteiger partial charge is 0.478 e. The quantitative estimate of drug-likeness (QED) is 0.865. The molecule has 20 heavy (non-hydrogen) atoms. The Morgan fingerprint density at radius 3 is 2.35 bits per heavy atom. The zero-order valence-electron chi connectivity index (χ0n) is 11.3. The molecule has 1 N–H and O–H groups in total. The van der Waals surface area contributed by atoms with E-state index < -0.39 is 11.9 Å². The molecule has 0 aliphatic carbocycles. The van der Waals surface area contributed by atoms with Crippen molar-refractivity contribution in [3.05, 3.63) is 40.8 Å². The fraction of sp³-hybridized carbons (Fsp3) is 0.214. The average Bonchev–Trinajstić information content (AvgIpc) is 2.76. The molecular weight excluding hydrogens is 262 g/mol. The summed E-state index contributed by atoms with van der Waals surface area (Å²) >= 11 is 0. The van der Waals surface area contributed by atoms with Gasteiger partial charge in [0.2, 0.25) is 0 Å². The van der Waals surface area contributed by atoms with Crippen molar-refractivity contribution in [2.24, 2.45) is 0 Å². The fourth-order valence-corrected chi connectivity index (χ4v) is 2.12. The lowest BCUT2D eigenvalue weighted by molar-refractivity contribution is 0.0601. The number of aromatic nitrogens is 1. The van der Waals surface area contributed by atoms with Gasteiger partial charge in [-0.1, -0.05) is 11.2 Å². The van der Waals surface area contributed by atoms with Gasteiger partial charge in [-0.3, -0.25) is 0 Å². The number of benzene rings is 1. The SMILES string of the molecule is COC(=O)c1cccc(C(=O)O)c1-c1c(C)noc1C. The van der Waals surface area contributed by atoms with Crippen molar-refractivity contribution in [3.63, 3.8) is 0 Å². The number of nitrogens with zero attached hydrogens (tertiary/aromatic N) is 1. The summed E-state index contributed by atoms with van der Waals surface area (Å²) < 4.78 is 9.76. The van der Waals surface area contributed by atoms with Gasteiger partial charge in [-0.05, 0) is 26.0 Å². The lowest BCUT2D eigenvalue weighted by Crippen LogP contribution is -2.09. The van der Waals surface area contributed by atoms with E-state index in [1.807, 2.05) is 0 Å². The number of esters is 1. The Morgan fingerprint density at radius 2 is 1.85 bits per heavy atom. The van der Waals surface area contributed by atoms with E-state index in [1.54, 1.807) is 13.8 Å². The molecule has 104 valence electrons. The van der Waals surface area contributed by atoms with Crippen molar-refractivity contribution in [1.29, 1.82) is 0 Å². The number of aryl methyl sites for hydroxylation is 2. The summed E-state index contributed by atoms with van der Waals surface area (Å²) in [6, 6.07) is 4.44. The number of ether oxygens (including phenoxy) is 1. The smallest absolute Gasteiger partial charge is 0.338 e. The van der Waals surface area contributed by atoms with Crippen LogP contribution in [0, 0.1) is 13.8 Å². The van der Waals surface area contributed by atoms with E-state index in [9.17, 15) is 14.7 Å². The molecule has 0 unspecified atom stereocenters. The van der Waals surface area contributed by atoms with Gasteiger partial charge < -0.3 is 14.4 Å². The van der Waals surface area contributed by atoms with Gasteiger partial charge in [0, 0.05) is 11.1 Å². The van der Waals surface area contributed by atoms with Crippen molar-refractivity contribution in [3.8, 4) is 11.1 Å². The van der Waals surface area contributed by atoms with Gasteiger partial charge in [-0.15, -0.1) is 0 Å². The zero-order chi connectivity index (χ0) is 14.9. The monoisotopic (exact) mass is 275 g/mol. The molecule has 0 saturated heterocycles. The van der Waals surface area contributed by atoms with Crippen LogP contribution >= 0.6 is 0 Å². The van der Waals surface area contributed by atoms with E-state index in [-0.39, 0.29) is 16.7 Å². The lowest BCUT2D eigenvalue weighted by atomic mass is 9.93. The number of hydrogen-bond donors (Lipinski definition) is 1. The molecule has 0 atom stereocenters. The summed E-state index contributed by atoms with van der Waals surface area (Å²) in [5, 5.41) is 13.1. The third-order valence-electron chi connectivity index (χ3n) is 2.98. The highest BCUT2D eigenvalue weighted by Crippen LogP contribution is 2.33. The number of methoxy groups -OCH3 is 1. The summed E-state index contributed by atoms with van der Waals surface area (Å²) in [7, 11) is 1.24. The van der Waals surface area contributed by atoms with Crippen molar-refractivity contribution in [1.82, 2.24) is 5.16 Å². The number of carboxylic acids is 1. The van der Waals surface area contributed by atoms with Crippen LogP contribution in [0.3, 0.4) is 0 Å². The zero-order valence-corrected chi connectivity index (χ0v) is 11.3. The van der Waals surface area contributed by atoms with Gasteiger partial charge in [0.25, 0.3) is 0 Å². The lowest BCUT2D eigenvalue weighted by Gasteiger charge is -2.10. The highest BCUT2D eigenvalue weighted by molar-refractivity contribution is 6.05. The molecule has 0 radical (unpaired) electrons. The molecule has 0 saturated carbocycles. The first-order chi connectivity index (χ1) is 9.47. The standard InChI is InChI=1S/C14H13NO5/c1-7-11(8(2)20-15-7)12-9(13(16)17)5-4-6-10(12)14(18)19-3/h4-6H,1-3H3,(H,16,17). The van der Waals surface area contributed by atoms with Crippen LogP contribution < -0.4 is 0 Å². The minimum absolute atomic E-state index is 0.00213. The highest BCUT2D eigenvalue weighted by Gasteiger charge is 2.25. The second kappa shape index (κ2) is 5.16. The molecule has 2 aromatic rings. The van der Waals surface area contributed by atoms with Gasteiger partial charge in [-0.2, -0.15) is 0 Å². The highest BCUT2D eigenvalue weighted by atomic mass is 16.5. The maximum absolute atomic E-state index is 11.9. The third kappa shape index (κ3) is 2.16. The number of carbonyl (C=O) groups excluding carboxylic acids is 1. The first-order valence-corrected chi connectivity index (χ1v) is 5.85. The topological polar surface area (TPSA) is 89.6 Å². The number of hydrogen-bond acceptors (Lipinski definition) is 5. The average molecular weight is 275 g/mol. The number of aromatic carboxylic acids is 1. The van der Waals surface area contributed by atoms with Gasteiger partial charge in [0.15, 0.2) is 0 Å². The summed E-state index contributed by atoms with van der Waals surface area (Å²) in [4.78, 5) is 23.3. The second-order valence-corrected chi connectivity index (χ2v) is 4.22. The Kier molecular flexibility index (Phi) is 3.56. The Bertz CT molecular complexity index is 667. The fourth-order valence-electron chi connectivity index (χ4n) is 2.12. The van der Waals surface area contributed by atoms with E-state index in [0.717, 1.165) is 0 Å². The molecule has 1 aromatic heterocycles. The Labute approximate surface area is 115 Å². The van der Waals surface area contributed by atoms with Crippen molar-refractivity contribution >= 4 is 11.9 Å². The first kappa shape index (κ1) is 13.8. The first-order valence-electron chi connectivity index (χ1n) is 5.85. The van der Waals surface area contributed by atoms with Gasteiger partial charge in [-0.25, -0.2) is 9.59 Å². The van der Waals surface area contributed by atoms with E-state index in [0.29, 0.717) is 17.0 Å². The summed E-state index contributed by atoms with van der Waals surface area (Å²) in [5.41, 5.74) is 1.46. The van der Waals surface area contributed by atoms with Crippen LogP contribution in [0.15, 0.2) is 22.7 Å². The van der Waals surface area contributed by atoms with Crippen molar-refractivity contribution in [2.45, 2.75) is 13.8 Å². The summed E-state index contributed by atoms with van der Waals surface area (Å²) in [6.07, 6.45) is 0. The van der Waals surface area contributed by atoms with E-state index >= 15 is 0 Å². The molecule has 2 rings (SSSR count). The number of rotatable bonds is 3. The molecule has 0 aliphatic heterocycles. The van der Waals surface area contributed by atoms with Crippen LogP contribution in [-0.2, 0) is 4.74 Å². The van der Waals surface area contributed by atoms with Crippen LogP contribution in [0.4, 0.5) is 0 Å². The molecule has 0 bridgehead atoms. The van der Waals surface area contributed by atoms with Crippen molar-refractivity contribution < 1.29 is 24.0 Å². The second-order valence-electron chi connectivity index (χ2n) is 4.22. The Hall–Kier alpha value is -2.63. The Balaban J connectivity index is 2.84. The molecule has 0 spiro atoms. The number of carbonyl (C=O) groups is 2. The molecule has 0 aliphatic rings. The van der Waals surface area contributed by atoms with Crippen LogP contribution in [0.2, 0.25) is 0 Å². The predicted molar refractivity (Wildman–Crippen MR) is 69.7 cm³/mol. The van der Waals surface area contributed by atoms with E-state index in [1.165, 1.54) is 25.3 Å². The summed E-state index contributed by atoms with van der Waals surface area (Å²) in [6.45, 7) is 3.35. The van der Waals surface area contributed by atoms with Crippen LogP contribution in [0.1, 0.15) is 32.2 Å². The van der Waals surface area contributed by atoms with Crippen LogP contribution in [0.25, 0.3) is 11.1 Å². The minimum Gasteiger partial charge on any atom is -0.478 e. The van der Waals surface area contributed by atoms with Crippen molar-refractivity contribution in [2.75, 3.05) is 7.11 Å².